The number of para-hydroxylation sites is 1. The third-order valence-corrected chi connectivity index (χ3v) is 3.48. The van der Waals surface area contributed by atoms with Crippen LogP contribution in [0.25, 0.3) is 11.0 Å². The number of amides is 1. The van der Waals surface area contributed by atoms with E-state index in [1.165, 1.54) is 0 Å². The zero-order valence-corrected chi connectivity index (χ0v) is 12.1. The first-order chi connectivity index (χ1) is 10.7. The maximum Gasteiger partial charge on any atom is 0.228 e. The van der Waals surface area contributed by atoms with Gasteiger partial charge < -0.3 is 9.88 Å². The molecule has 0 radical (unpaired) electrons. The lowest BCUT2D eigenvalue weighted by Crippen LogP contribution is -2.15. The lowest BCUT2D eigenvalue weighted by Gasteiger charge is -2.07. The van der Waals surface area contributed by atoms with Crippen LogP contribution in [0, 0.1) is 11.3 Å². The van der Waals surface area contributed by atoms with Gasteiger partial charge in [-0.15, -0.1) is 0 Å². The molecular formula is C17H14N4O. The molecule has 0 saturated carbocycles. The minimum Gasteiger partial charge on any atom is -0.334 e. The fourth-order valence-electron chi connectivity index (χ4n) is 2.36. The molecule has 0 saturated heterocycles. The van der Waals surface area contributed by atoms with Gasteiger partial charge in [-0.3, -0.25) is 4.79 Å². The van der Waals surface area contributed by atoms with E-state index in [0.29, 0.717) is 11.3 Å². The van der Waals surface area contributed by atoms with Gasteiger partial charge in [0.1, 0.15) is 6.07 Å². The van der Waals surface area contributed by atoms with Gasteiger partial charge >= 0.3 is 0 Å². The number of hydrogen-bond acceptors (Lipinski definition) is 3. The third kappa shape index (κ3) is 2.67. The van der Waals surface area contributed by atoms with Crippen LogP contribution in [0.2, 0.25) is 0 Å². The predicted octanol–water partition coefficient (Wildman–Crippen LogP) is 2.63. The average molecular weight is 290 g/mol. The van der Waals surface area contributed by atoms with Gasteiger partial charge in [-0.1, -0.05) is 18.2 Å². The Morgan fingerprint density at radius 3 is 2.95 bits per heavy atom. The van der Waals surface area contributed by atoms with Crippen LogP contribution in [-0.2, 0) is 18.3 Å². The Balaban J connectivity index is 1.77. The summed E-state index contributed by atoms with van der Waals surface area (Å²) in [6.45, 7) is 0. The Labute approximate surface area is 127 Å². The zero-order chi connectivity index (χ0) is 15.5. The number of carbonyl (C=O) groups excluding carboxylic acids is 1. The Kier molecular flexibility index (Phi) is 3.58. The summed E-state index contributed by atoms with van der Waals surface area (Å²) < 4.78 is 1.93. The molecule has 0 bridgehead atoms. The summed E-state index contributed by atoms with van der Waals surface area (Å²) in [6, 6.07) is 14.8. The quantitative estimate of drug-likeness (QED) is 0.806. The van der Waals surface area contributed by atoms with Gasteiger partial charge in [-0.2, -0.15) is 5.26 Å². The number of benzene rings is 2. The molecule has 5 nitrogen and oxygen atoms in total. The topological polar surface area (TPSA) is 70.7 Å². The standard InChI is InChI=1S/C17H14N4O/c1-21-11-19-15-8-12(6-7-16(15)21)9-17(22)20-14-5-3-2-4-13(14)10-18/h2-8,11H,9H2,1H3,(H,20,22). The maximum absolute atomic E-state index is 12.1. The number of fused-ring (bicyclic) bond motifs is 1. The van der Waals surface area contributed by atoms with Crippen molar-refractivity contribution in [3.8, 4) is 6.07 Å². The molecule has 5 heteroatoms. The van der Waals surface area contributed by atoms with Crippen molar-refractivity contribution in [1.29, 1.82) is 5.26 Å². The second-order valence-electron chi connectivity index (χ2n) is 5.06. The van der Waals surface area contributed by atoms with Crippen LogP contribution in [-0.4, -0.2) is 15.5 Å². The molecule has 0 aliphatic rings. The second kappa shape index (κ2) is 5.70. The van der Waals surface area contributed by atoms with Crippen molar-refractivity contribution in [2.45, 2.75) is 6.42 Å². The van der Waals surface area contributed by atoms with Crippen molar-refractivity contribution in [1.82, 2.24) is 9.55 Å². The molecule has 0 spiro atoms. The van der Waals surface area contributed by atoms with Crippen LogP contribution in [0.1, 0.15) is 11.1 Å². The average Bonchev–Trinajstić information content (AvgIpc) is 2.88. The van der Waals surface area contributed by atoms with Crippen molar-refractivity contribution in [3.05, 3.63) is 59.9 Å². The smallest absolute Gasteiger partial charge is 0.228 e. The van der Waals surface area contributed by atoms with E-state index in [1.54, 1.807) is 30.6 Å². The first-order valence-corrected chi connectivity index (χ1v) is 6.86. The highest BCUT2D eigenvalue weighted by Crippen LogP contribution is 2.16. The lowest BCUT2D eigenvalue weighted by molar-refractivity contribution is -0.115. The number of nitriles is 1. The molecule has 0 unspecified atom stereocenters. The Bertz CT molecular complexity index is 889. The number of rotatable bonds is 3. The molecule has 3 aromatic rings. The van der Waals surface area contributed by atoms with Crippen LogP contribution in [0.4, 0.5) is 5.69 Å². The van der Waals surface area contributed by atoms with Gasteiger partial charge in [0.15, 0.2) is 0 Å². The summed E-state index contributed by atoms with van der Waals surface area (Å²) >= 11 is 0. The Morgan fingerprint density at radius 1 is 1.32 bits per heavy atom. The van der Waals surface area contributed by atoms with Crippen LogP contribution in [0.15, 0.2) is 48.8 Å². The number of nitrogens with zero attached hydrogens (tertiary/aromatic N) is 3. The van der Waals surface area contributed by atoms with E-state index in [2.05, 4.69) is 16.4 Å². The van der Waals surface area contributed by atoms with Crippen molar-refractivity contribution < 1.29 is 4.79 Å². The Morgan fingerprint density at radius 2 is 2.14 bits per heavy atom. The largest absolute Gasteiger partial charge is 0.334 e. The number of hydrogen-bond donors (Lipinski definition) is 1. The SMILES string of the molecule is Cn1cnc2cc(CC(=O)Nc3ccccc3C#N)ccc21. The normalized spacial score (nSPS) is 10.4. The molecule has 0 atom stereocenters. The fourth-order valence-corrected chi connectivity index (χ4v) is 2.36. The number of carbonyl (C=O) groups is 1. The molecule has 108 valence electrons. The minimum atomic E-state index is -0.155. The van der Waals surface area contributed by atoms with Crippen LogP contribution in [0.5, 0.6) is 0 Å². The molecular weight excluding hydrogens is 276 g/mol. The maximum atomic E-state index is 12.1. The first kappa shape index (κ1) is 13.8. The van der Waals surface area contributed by atoms with Gasteiger partial charge in [0.05, 0.1) is 35.0 Å². The molecule has 3 rings (SSSR count). The van der Waals surface area contributed by atoms with Gasteiger partial charge in [0.25, 0.3) is 0 Å². The van der Waals surface area contributed by atoms with Crippen LogP contribution in [0.3, 0.4) is 0 Å². The summed E-state index contributed by atoms with van der Waals surface area (Å²) in [5, 5.41) is 11.8. The molecule has 0 aliphatic heterocycles. The minimum absolute atomic E-state index is 0.155. The molecule has 1 amide bonds. The monoisotopic (exact) mass is 290 g/mol. The van der Waals surface area contributed by atoms with Gasteiger partial charge in [0.2, 0.25) is 5.91 Å². The molecule has 22 heavy (non-hydrogen) atoms. The van der Waals surface area contributed by atoms with Crippen molar-refractivity contribution in [2.24, 2.45) is 7.05 Å². The van der Waals surface area contributed by atoms with Crippen molar-refractivity contribution in [2.75, 3.05) is 5.32 Å². The number of nitrogens with one attached hydrogen (secondary N) is 1. The number of aryl methyl sites for hydroxylation is 1. The molecule has 2 aromatic carbocycles. The van der Waals surface area contributed by atoms with Crippen LogP contribution < -0.4 is 5.32 Å². The molecule has 0 aliphatic carbocycles. The van der Waals surface area contributed by atoms with E-state index < -0.39 is 0 Å². The third-order valence-electron chi connectivity index (χ3n) is 3.48. The number of anilines is 1. The zero-order valence-electron chi connectivity index (χ0n) is 12.1. The summed E-state index contributed by atoms with van der Waals surface area (Å²) in [4.78, 5) is 16.4. The van der Waals surface area contributed by atoms with Crippen LogP contribution >= 0.6 is 0 Å². The number of imidazole rings is 1. The van der Waals surface area contributed by atoms with E-state index >= 15 is 0 Å². The van der Waals surface area contributed by atoms with Gasteiger partial charge in [-0.25, -0.2) is 4.98 Å². The second-order valence-corrected chi connectivity index (χ2v) is 5.06. The highest BCUT2D eigenvalue weighted by atomic mass is 16.1. The predicted molar refractivity (Wildman–Crippen MR) is 84.2 cm³/mol. The molecule has 1 aromatic heterocycles. The molecule has 1 N–H and O–H groups in total. The highest BCUT2D eigenvalue weighted by Gasteiger charge is 2.08. The lowest BCUT2D eigenvalue weighted by atomic mass is 10.1. The first-order valence-electron chi connectivity index (χ1n) is 6.86. The van der Waals surface area contributed by atoms with E-state index in [4.69, 9.17) is 5.26 Å². The summed E-state index contributed by atoms with van der Waals surface area (Å²) in [6.07, 6.45) is 1.99. The van der Waals surface area contributed by atoms with E-state index in [1.807, 2.05) is 29.8 Å². The molecule has 1 heterocycles. The summed E-state index contributed by atoms with van der Waals surface area (Å²) in [5.74, 6) is -0.155. The van der Waals surface area contributed by atoms with E-state index in [-0.39, 0.29) is 12.3 Å². The van der Waals surface area contributed by atoms with Gasteiger partial charge in [0, 0.05) is 7.05 Å². The van der Waals surface area contributed by atoms with Crippen molar-refractivity contribution in [3.63, 3.8) is 0 Å². The summed E-state index contributed by atoms with van der Waals surface area (Å²) in [7, 11) is 1.93. The highest BCUT2D eigenvalue weighted by molar-refractivity contribution is 5.94. The number of aromatic nitrogens is 2. The summed E-state index contributed by atoms with van der Waals surface area (Å²) in [5.41, 5.74) is 3.77. The molecule has 0 fully saturated rings. The van der Waals surface area contributed by atoms with E-state index in [0.717, 1.165) is 16.6 Å². The fraction of sp³-hybridized carbons (Fsp3) is 0.118. The van der Waals surface area contributed by atoms with Crippen molar-refractivity contribution >= 4 is 22.6 Å². The Hall–Kier alpha value is -3.13. The van der Waals surface area contributed by atoms with E-state index in [9.17, 15) is 4.79 Å². The van der Waals surface area contributed by atoms with Gasteiger partial charge in [-0.05, 0) is 29.8 Å².